The molecule has 3 rings (SSSR count). The minimum Gasteiger partial charge on any atom is -0.394 e. The fraction of sp³-hybridized carbons (Fsp3) is 0.421. The van der Waals surface area contributed by atoms with Gasteiger partial charge in [-0.1, -0.05) is 18.2 Å². The van der Waals surface area contributed by atoms with Gasteiger partial charge in [0.25, 0.3) is 5.91 Å². The summed E-state index contributed by atoms with van der Waals surface area (Å²) in [6.07, 6.45) is 5.20. The Labute approximate surface area is 169 Å². The van der Waals surface area contributed by atoms with Crippen molar-refractivity contribution in [3.63, 3.8) is 0 Å². The Morgan fingerprint density at radius 3 is 2.69 bits per heavy atom. The summed E-state index contributed by atoms with van der Waals surface area (Å²) < 4.78 is 32.9. The number of hydrogen-bond acceptors (Lipinski definition) is 7. The molecular weight excluding hydrogens is 396 g/mol. The number of ether oxygens (including phenoxy) is 1. The zero-order valence-electron chi connectivity index (χ0n) is 15.8. The van der Waals surface area contributed by atoms with Gasteiger partial charge in [-0.05, 0) is 31.4 Å². The van der Waals surface area contributed by atoms with Crippen LogP contribution in [0.1, 0.15) is 29.8 Å². The third-order valence-electron chi connectivity index (χ3n) is 4.72. The van der Waals surface area contributed by atoms with Gasteiger partial charge >= 0.3 is 0 Å². The van der Waals surface area contributed by atoms with Crippen molar-refractivity contribution in [3.05, 3.63) is 54.6 Å². The smallest absolute Gasteiger partial charge is 0.271 e. The van der Waals surface area contributed by atoms with Gasteiger partial charge in [0.1, 0.15) is 11.8 Å². The van der Waals surface area contributed by atoms with Crippen molar-refractivity contribution in [3.8, 4) is 0 Å². The molecule has 2 heterocycles. The number of carbonyl (C=O) groups is 1. The average molecular weight is 420 g/mol. The number of sulfonamides is 1. The summed E-state index contributed by atoms with van der Waals surface area (Å²) in [6.45, 7) is -0.0334. The summed E-state index contributed by atoms with van der Waals surface area (Å²) in [4.78, 5) is 20.3. The molecule has 0 aliphatic carbocycles. The fourth-order valence-corrected chi connectivity index (χ4v) is 4.27. The van der Waals surface area contributed by atoms with Crippen molar-refractivity contribution in [2.75, 3.05) is 13.2 Å². The van der Waals surface area contributed by atoms with Gasteiger partial charge in [0.2, 0.25) is 10.0 Å². The van der Waals surface area contributed by atoms with Gasteiger partial charge in [-0.15, -0.1) is 0 Å². The molecule has 2 aromatic rings. The second-order valence-electron chi connectivity index (χ2n) is 6.73. The molecule has 1 amide bonds. The van der Waals surface area contributed by atoms with Gasteiger partial charge in [-0.2, -0.15) is 0 Å². The number of aliphatic hydroxyl groups excluding tert-OH is 1. The zero-order valence-corrected chi connectivity index (χ0v) is 16.6. The van der Waals surface area contributed by atoms with Crippen molar-refractivity contribution < 1.29 is 23.1 Å². The van der Waals surface area contributed by atoms with Crippen molar-refractivity contribution >= 4 is 15.9 Å². The molecule has 0 bridgehead atoms. The van der Waals surface area contributed by atoms with Gasteiger partial charge in [0.05, 0.1) is 29.8 Å². The Morgan fingerprint density at radius 2 is 2.00 bits per heavy atom. The molecular formula is C19H24N4O5S. The van der Waals surface area contributed by atoms with E-state index in [1.54, 1.807) is 18.2 Å². The quantitative estimate of drug-likeness (QED) is 0.566. The van der Waals surface area contributed by atoms with Crippen LogP contribution in [0.5, 0.6) is 0 Å². The molecule has 1 aliphatic rings. The molecule has 1 fully saturated rings. The van der Waals surface area contributed by atoms with Crippen LogP contribution >= 0.6 is 0 Å². The lowest BCUT2D eigenvalue weighted by Gasteiger charge is -2.36. The predicted molar refractivity (Wildman–Crippen MR) is 105 cm³/mol. The van der Waals surface area contributed by atoms with E-state index in [1.807, 2.05) is 0 Å². The van der Waals surface area contributed by atoms with Crippen LogP contribution in [0.25, 0.3) is 0 Å². The molecule has 3 N–H and O–H groups in total. The highest BCUT2D eigenvalue weighted by molar-refractivity contribution is 7.89. The molecule has 1 saturated heterocycles. The Balaban J connectivity index is 1.49. The second-order valence-corrected chi connectivity index (χ2v) is 8.49. The van der Waals surface area contributed by atoms with Crippen LogP contribution in [0.15, 0.2) is 53.8 Å². The van der Waals surface area contributed by atoms with E-state index in [-0.39, 0.29) is 41.8 Å². The Kier molecular flexibility index (Phi) is 7.26. The lowest BCUT2D eigenvalue weighted by atomic mass is 9.97. The van der Waals surface area contributed by atoms with Crippen LogP contribution in [0.3, 0.4) is 0 Å². The van der Waals surface area contributed by atoms with Gasteiger partial charge < -0.3 is 15.2 Å². The first-order valence-electron chi connectivity index (χ1n) is 9.37. The van der Waals surface area contributed by atoms with E-state index < -0.39 is 16.1 Å². The van der Waals surface area contributed by atoms with Crippen LogP contribution < -0.4 is 10.0 Å². The van der Waals surface area contributed by atoms with Gasteiger partial charge in [0, 0.05) is 18.9 Å². The highest BCUT2D eigenvalue weighted by Crippen LogP contribution is 2.22. The third kappa shape index (κ3) is 5.80. The van der Waals surface area contributed by atoms with E-state index in [1.165, 1.54) is 30.7 Å². The van der Waals surface area contributed by atoms with Crippen LogP contribution in [0.2, 0.25) is 0 Å². The molecule has 1 aromatic heterocycles. The summed E-state index contributed by atoms with van der Waals surface area (Å²) in [5.74, 6) is -0.376. The summed E-state index contributed by atoms with van der Waals surface area (Å²) in [5, 5.41) is 12.5. The second kappa shape index (κ2) is 9.88. The Morgan fingerprint density at radius 1 is 1.21 bits per heavy atom. The summed E-state index contributed by atoms with van der Waals surface area (Å²) in [7, 11) is -3.56. The molecule has 0 spiro atoms. The van der Waals surface area contributed by atoms with E-state index in [0.717, 1.165) is 0 Å². The number of aliphatic hydroxyl groups is 1. The maximum absolute atomic E-state index is 12.3. The number of benzene rings is 1. The van der Waals surface area contributed by atoms with Crippen molar-refractivity contribution in [2.45, 2.75) is 42.4 Å². The Hall–Kier alpha value is -2.40. The molecule has 9 nitrogen and oxygen atoms in total. The number of hydrogen-bond donors (Lipinski definition) is 3. The lowest BCUT2D eigenvalue weighted by molar-refractivity contribution is -0.0891. The lowest BCUT2D eigenvalue weighted by Crippen LogP contribution is -2.51. The third-order valence-corrected chi connectivity index (χ3v) is 6.20. The molecule has 1 aromatic carbocycles. The van der Waals surface area contributed by atoms with Crippen LogP contribution in [-0.2, 0) is 14.8 Å². The molecule has 156 valence electrons. The van der Waals surface area contributed by atoms with Crippen molar-refractivity contribution in [1.82, 2.24) is 20.0 Å². The van der Waals surface area contributed by atoms with Crippen molar-refractivity contribution in [2.24, 2.45) is 0 Å². The van der Waals surface area contributed by atoms with Crippen LogP contribution in [0.4, 0.5) is 0 Å². The maximum atomic E-state index is 12.3. The number of carbonyl (C=O) groups excluding carboxylic acids is 1. The summed E-state index contributed by atoms with van der Waals surface area (Å²) in [5.41, 5.74) is 0.196. The molecule has 0 radical (unpaired) electrons. The van der Waals surface area contributed by atoms with E-state index in [4.69, 9.17) is 4.74 Å². The molecule has 10 heteroatoms. The molecule has 1 aliphatic heterocycles. The first-order chi connectivity index (χ1) is 14.0. The highest BCUT2D eigenvalue weighted by Gasteiger charge is 2.32. The number of aromatic nitrogens is 2. The predicted octanol–water partition coefficient (Wildman–Crippen LogP) is 0.483. The van der Waals surface area contributed by atoms with Gasteiger partial charge in [-0.25, -0.2) is 18.1 Å². The van der Waals surface area contributed by atoms with E-state index >= 15 is 0 Å². The van der Waals surface area contributed by atoms with E-state index in [2.05, 4.69) is 20.0 Å². The monoisotopic (exact) mass is 420 g/mol. The number of amides is 1. The molecule has 3 atom stereocenters. The molecule has 0 unspecified atom stereocenters. The SMILES string of the molecule is O=C(N[C@@H]1CC[C@@H](CCNS(=O)(=O)c2ccccc2)O[C@@H]1CO)c1cnccn1. The summed E-state index contributed by atoms with van der Waals surface area (Å²) >= 11 is 0. The van der Waals surface area contributed by atoms with E-state index in [9.17, 15) is 18.3 Å². The number of nitrogens with one attached hydrogen (secondary N) is 2. The normalized spacial score (nSPS) is 22.2. The minimum absolute atomic E-state index is 0.196. The largest absolute Gasteiger partial charge is 0.394 e. The number of rotatable bonds is 8. The van der Waals surface area contributed by atoms with Crippen LogP contribution in [0, 0.1) is 0 Å². The zero-order chi connectivity index (χ0) is 20.7. The fourth-order valence-electron chi connectivity index (χ4n) is 3.21. The first kappa shape index (κ1) is 21.3. The minimum atomic E-state index is -3.56. The molecule has 0 saturated carbocycles. The van der Waals surface area contributed by atoms with Crippen molar-refractivity contribution in [1.29, 1.82) is 0 Å². The number of nitrogens with zero attached hydrogens (tertiary/aromatic N) is 2. The molecule has 29 heavy (non-hydrogen) atoms. The summed E-state index contributed by atoms with van der Waals surface area (Å²) in [6, 6.07) is 7.80. The Bertz CT molecular complexity index is 895. The van der Waals surface area contributed by atoms with Gasteiger partial charge in [-0.3, -0.25) is 9.78 Å². The van der Waals surface area contributed by atoms with Gasteiger partial charge in [0.15, 0.2) is 0 Å². The topological polar surface area (TPSA) is 131 Å². The average Bonchev–Trinajstić information content (AvgIpc) is 2.75. The van der Waals surface area contributed by atoms with Crippen LogP contribution in [-0.4, -0.2) is 60.8 Å². The maximum Gasteiger partial charge on any atom is 0.271 e. The standard InChI is InChI=1S/C19H24N4O5S/c24-13-18-16(23-19(25)17-12-20-10-11-21-17)7-6-14(28-18)8-9-22-29(26,27)15-4-2-1-3-5-15/h1-5,10-12,14,16,18,22,24H,6-9,13H2,(H,23,25)/t14-,16+,18+/m0/s1. The highest BCUT2D eigenvalue weighted by atomic mass is 32.2. The first-order valence-corrected chi connectivity index (χ1v) is 10.9. The van der Waals surface area contributed by atoms with E-state index in [0.29, 0.717) is 19.3 Å².